The zero-order valence-corrected chi connectivity index (χ0v) is 15.0. The highest BCUT2D eigenvalue weighted by Crippen LogP contribution is 2.39. The number of nitrogens with one attached hydrogen (secondary N) is 1. The van der Waals surface area contributed by atoms with Gasteiger partial charge in [0.15, 0.2) is 0 Å². The Hall–Kier alpha value is -3.52. The van der Waals surface area contributed by atoms with Gasteiger partial charge in [-0.1, -0.05) is 66.7 Å². The molecular weight excluding hydrogens is 328 g/mol. The van der Waals surface area contributed by atoms with Crippen LogP contribution in [0.25, 0.3) is 54.7 Å². The number of H-pyrrole nitrogens is 1. The Labute approximate surface area is 156 Å². The van der Waals surface area contributed by atoms with Gasteiger partial charge in [0, 0.05) is 50.7 Å². The summed E-state index contributed by atoms with van der Waals surface area (Å²) in [5, 5.41) is 5.18. The lowest BCUT2D eigenvalue weighted by molar-refractivity contribution is 1.01. The van der Waals surface area contributed by atoms with Crippen LogP contribution in [0.4, 0.5) is 0 Å². The van der Waals surface area contributed by atoms with Crippen LogP contribution in [0.5, 0.6) is 0 Å². The van der Waals surface area contributed by atoms with Crippen molar-refractivity contribution in [3.8, 4) is 11.1 Å². The third-order valence-corrected chi connectivity index (χ3v) is 5.77. The molecule has 0 aliphatic heterocycles. The van der Waals surface area contributed by atoms with Gasteiger partial charge in [-0.15, -0.1) is 0 Å². The molecule has 0 amide bonds. The first-order valence-corrected chi connectivity index (χ1v) is 9.29. The normalized spacial score (nSPS) is 11.9. The lowest BCUT2D eigenvalue weighted by Gasteiger charge is -2.07. The monoisotopic (exact) mass is 346 g/mol. The van der Waals surface area contributed by atoms with E-state index in [1.54, 1.807) is 0 Å². The standard InChI is InChI=1S/C25H18N2/c1-27-22-14-5-3-9-20(22)24-17(10-7-15-23(24)27)19-12-6-11-18-16-8-2-4-13-21(16)26-25(18)19/h2-15,26H,1H3. The second-order valence-electron chi connectivity index (χ2n) is 7.17. The van der Waals surface area contributed by atoms with Crippen molar-refractivity contribution in [3.63, 3.8) is 0 Å². The van der Waals surface area contributed by atoms with E-state index in [4.69, 9.17) is 0 Å². The number of hydrogen-bond acceptors (Lipinski definition) is 0. The molecule has 0 unspecified atom stereocenters. The summed E-state index contributed by atoms with van der Waals surface area (Å²) in [4.78, 5) is 3.66. The number of aromatic nitrogens is 2. The van der Waals surface area contributed by atoms with E-state index in [2.05, 4.69) is 102 Å². The summed E-state index contributed by atoms with van der Waals surface area (Å²) in [5.41, 5.74) is 7.46. The first kappa shape index (κ1) is 14.6. The molecule has 6 rings (SSSR count). The van der Waals surface area contributed by atoms with Crippen LogP contribution >= 0.6 is 0 Å². The van der Waals surface area contributed by atoms with Crippen molar-refractivity contribution in [1.82, 2.24) is 9.55 Å². The Morgan fingerprint density at radius 3 is 2.19 bits per heavy atom. The molecular formula is C25H18N2. The summed E-state index contributed by atoms with van der Waals surface area (Å²) < 4.78 is 2.29. The van der Waals surface area contributed by atoms with Gasteiger partial charge in [0.1, 0.15) is 0 Å². The molecule has 0 bridgehead atoms. The fraction of sp³-hybridized carbons (Fsp3) is 0.0400. The van der Waals surface area contributed by atoms with Gasteiger partial charge in [0.05, 0.1) is 5.52 Å². The van der Waals surface area contributed by atoms with Crippen LogP contribution in [0.2, 0.25) is 0 Å². The third kappa shape index (κ3) is 1.90. The summed E-state index contributed by atoms with van der Waals surface area (Å²) in [6, 6.07) is 30.4. The lowest BCUT2D eigenvalue weighted by atomic mass is 9.97. The van der Waals surface area contributed by atoms with E-state index >= 15 is 0 Å². The molecule has 2 heteroatoms. The molecule has 2 aromatic heterocycles. The van der Waals surface area contributed by atoms with Crippen LogP contribution in [0.1, 0.15) is 0 Å². The number of aromatic amines is 1. The zero-order valence-electron chi connectivity index (χ0n) is 15.0. The Bertz CT molecular complexity index is 1480. The molecule has 27 heavy (non-hydrogen) atoms. The molecule has 0 atom stereocenters. The quantitative estimate of drug-likeness (QED) is 0.345. The SMILES string of the molecule is Cn1c2ccccc2c2c(-c3cccc4c3[nH]c3ccccc34)cccc21. The molecule has 1 N–H and O–H groups in total. The first-order chi connectivity index (χ1) is 13.3. The predicted octanol–water partition coefficient (Wildman–Crippen LogP) is 6.63. The number of fused-ring (bicyclic) bond motifs is 6. The number of rotatable bonds is 1. The summed E-state index contributed by atoms with van der Waals surface area (Å²) in [5.74, 6) is 0. The van der Waals surface area contributed by atoms with Gasteiger partial charge in [-0.05, 0) is 23.8 Å². The molecule has 0 spiro atoms. The van der Waals surface area contributed by atoms with E-state index in [-0.39, 0.29) is 0 Å². The highest BCUT2D eigenvalue weighted by atomic mass is 14.9. The molecule has 0 saturated heterocycles. The van der Waals surface area contributed by atoms with Gasteiger partial charge >= 0.3 is 0 Å². The lowest BCUT2D eigenvalue weighted by Crippen LogP contribution is -1.86. The fourth-order valence-electron chi connectivity index (χ4n) is 4.53. The van der Waals surface area contributed by atoms with Crippen LogP contribution < -0.4 is 0 Å². The van der Waals surface area contributed by atoms with Crippen LogP contribution in [-0.4, -0.2) is 9.55 Å². The second-order valence-corrected chi connectivity index (χ2v) is 7.17. The van der Waals surface area contributed by atoms with E-state index < -0.39 is 0 Å². The zero-order chi connectivity index (χ0) is 18.0. The van der Waals surface area contributed by atoms with E-state index in [0.717, 1.165) is 0 Å². The number of benzene rings is 4. The van der Waals surface area contributed by atoms with Gasteiger partial charge in [-0.25, -0.2) is 0 Å². The minimum absolute atomic E-state index is 1.19. The molecule has 2 heterocycles. The summed E-state index contributed by atoms with van der Waals surface area (Å²) in [7, 11) is 2.15. The van der Waals surface area contributed by atoms with Crippen molar-refractivity contribution in [1.29, 1.82) is 0 Å². The van der Waals surface area contributed by atoms with Crippen LogP contribution in [0.15, 0.2) is 84.9 Å². The molecule has 0 saturated carbocycles. The van der Waals surface area contributed by atoms with E-state index in [1.807, 2.05) is 0 Å². The smallest absolute Gasteiger partial charge is 0.0544 e. The maximum atomic E-state index is 3.66. The highest BCUT2D eigenvalue weighted by Gasteiger charge is 2.15. The topological polar surface area (TPSA) is 20.7 Å². The van der Waals surface area contributed by atoms with E-state index in [1.165, 1.54) is 54.7 Å². The molecule has 4 aromatic carbocycles. The minimum atomic E-state index is 1.19. The Morgan fingerprint density at radius 1 is 0.593 bits per heavy atom. The first-order valence-electron chi connectivity index (χ1n) is 9.29. The van der Waals surface area contributed by atoms with Crippen molar-refractivity contribution < 1.29 is 0 Å². The average Bonchev–Trinajstić information content (AvgIpc) is 3.24. The van der Waals surface area contributed by atoms with Crippen molar-refractivity contribution in [2.75, 3.05) is 0 Å². The third-order valence-electron chi connectivity index (χ3n) is 5.77. The van der Waals surface area contributed by atoms with Gasteiger partial charge < -0.3 is 9.55 Å². The van der Waals surface area contributed by atoms with Crippen molar-refractivity contribution in [3.05, 3.63) is 84.9 Å². The molecule has 0 aliphatic carbocycles. The molecule has 0 fully saturated rings. The summed E-state index contributed by atoms with van der Waals surface area (Å²) in [6.07, 6.45) is 0. The molecule has 6 aromatic rings. The van der Waals surface area contributed by atoms with E-state index in [9.17, 15) is 0 Å². The van der Waals surface area contributed by atoms with Crippen molar-refractivity contribution >= 4 is 43.6 Å². The van der Waals surface area contributed by atoms with Crippen molar-refractivity contribution in [2.45, 2.75) is 0 Å². The second kappa shape index (κ2) is 5.24. The Kier molecular flexibility index (Phi) is 2.84. The minimum Gasteiger partial charge on any atom is -0.354 e. The van der Waals surface area contributed by atoms with Gasteiger partial charge in [-0.2, -0.15) is 0 Å². The number of hydrogen-bond donors (Lipinski definition) is 1. The largest absolute Gasteiger partial charge is 0.354 e. The van der Waals surface area contributed by atoms with Gasteiger partial charge in [0.25, 0.3) is 0 Å². The maximum Gasteiger partial charge on any atom is 0.0544 e. The summed E-state index contributed by atoms with van der Waals surface area (Å²) in [6.45, 7) is 0. The van der Waals surface area contributed by atoms with Gasteiger partial charge in [-0.3, -0.25) is 0 Å². The predicted molar refractivity (Wildman–Crippen MR) is 115 cm³/mol. The Balaban J connectivity index is 1.80. The van der Waals surface area contributed by atoms with E-state index in [0.29, 0.717) is 0 Å². The maximum absolute atomic E-state index is 3.66. The van der Waals surface area contributed by atoms with Gasteiger partial charge in [0.2, 0.25) is 0 Å². The van der Waals surface area contributed by atoms with Crippen LogP contribution in [0.3, 0.4) is 0 Å². The molecule has 128 valence electrons. The van der Waals surface area contributed by atoms with Crippen LogP contribution in [-0.2, 0) is 7.05 Å². The fourth-order valence-corrected chi connectivity index (χ4v) is 4.53. The van der Waals surface area contributed by atoms with Crippen LogP contribution in [0, 0.1) is 0 Å². The number of para-hydroxylation sites is 3. The highest BCUT2D eigenvalue weighted by molar-refractivity contribution is 6.19. The molecule has 0 radical (unpaired) electrons. The van der Waals surface area contributed by atoms with Crippen molar-refractivity contribution in [2.24, 2.45) is 7.05 Å². The average molecular weight is 346 g/mol. The number of aryl methyl sites for hydroxylation is 1. The molecule has 0 aliphatic rings. The summed E-state index contributed by atoms with van der Waals surface area (Å²) >= 11 is 0. The Morgan fingerprint density at radius 2 is 1.26 bits per heavy atom. The number of nitrogens with zero attached hydrogens (tertiary/aromatic N) is 1. The molecule has 2 nitrogen and oxygen atoms in total.